The molecule has 0 unspecified atom stereocenters. The molecule has 3 fully saturated rings. The largest absolute Gasteiger partial charge is 0.484 e. The van der Waals surface area contributed by atoms with Crippen LogP contribution >= 0.6 is 11.6 Å². The zero-order valence-corrected chi connectivity index (χ0v) is 17.5. The Morgan fingerprint density at radius 3 is 2.66 bits per heavy atom. The summed E-state index contributed by atoms with van der Waals surface area (Å²) in [5.41, 5.74) is -0.0187. The number of carbonyl (C=O) groups is 2. The molecule has 164 valence electrons. The number of aromatic nitrogens is 2. The van der Waals surface area contributed by atoms with Gasteiger partial charge in [0.25, 0.3) is 11.8 Å². The third-order valence-electron chi connectivity index (χ3n) is 5.71. The number of ether oxygens (including phenoxy) is 1. The summed E-state index contributed by atoms with van der Waals surface area (Å²) in [7, 11) is 0. The number of nitrogens with one attached hydrogen (secondary N) is 2. The highest BCUT2D eigenvalue weighted by atomic mass is 35.5. The van der Waals surface area contributed by atoms with Crippen LogP contribution in [0.1, 0.15) is 29.8 Å². The summed E-state index contributed by atoms with van der Waals surface area (Å²) in [6, 6.07) is 7.54. The van der Waals surface area contributed by atoms with Crippen molar-refractivity contribution in [2.75, 3.05) is 6.61 Å². The molecule has 0 saturated heterocycles. The smallest absolute Gasteiger partial charge is 0.289 e. The second-order valence-corrected chi connectivity index (χ2v) is 8.64. The van der Waals surface area contributed by atoms with Crippen LogP contribution in [0.2, 0.25) is 5.02 Å². The standard InChI is InChI=1S/C22H18ClFN4O4/c23-15-4-3-14(6-16(15)24)31-9-18(29)27-21-10-22(11-21,12-21)28-19(30)17-8-26-20(32-17)13-2-1-5-25-7-13/h1-8H,9-12H2,(H,27,29)(H,28,30). The van der Waals surface area contributed by atoms with Crippen LogP contribution in [0.25, 0.3) is 11.5 Å². The van der Waals surface area contributed by atoms with Crippen molar-refractivity contribution in [2.24, 2.45) is 0 Å². The SMILES string of the molecule is O=C(COc1ccc(Cl)c(F)c1)NC12CC(NC(=O)c3cnc(-c4cccnc4)o3)(C1)C2. The maximum absolute atomic E-state index is 13.4. The minimum absolute atomic E-state index is 0.0124. The third-order valence-corrected chi connectivity index (χ3v) is 6.02. The van der Waals surface area contributed by atoms with Crippen molar-refractivity contribution in [1.82, 2.24) is 20.6 Å². The first-order valence-corrected chi connectivity index (χ1v) is 10.3. The number of pyridine rings is 1. The van der Waals surface area contributed by atoms with E-state index in [1.807, 2.05) is 0 Å². The van der Waals surface area contributed by atoms with E-state index in [2.05, 4.69) is 20.6 Å². The Kier molecular flexibility index (Phi) is 4.85. The first kappa shape index (κ1) is 20.4. The highest BCUT2D eigenvalue weighted by Gasteiger charge is 2.69. The van der Waals surface area contributed by atoms with Gasteiger partial charge in [-0.2, -0.15) is 0 Å². The molecule has 2 amide bonds. The van der Waals surface area contributed by atoms with E-state index in [9.17, 15) is 14.0 Å². The van der Waals surface area contributed by atoms with Gasteiger partial charge in [0, 0.05) is 29.5 Å². The average Bonchev–Trinajstić information content (AvgIpc) is 3.23. The quantitative estimate of drug-likeness (QED) is 0.565. The Hall–Kier alpha value is -3.46. The summed E-state index contributed by atoms with van der Waals surface area (Å²) >= 11 is 5.63. The Balaban J connectivity index is 1.10. The predicted molar refractivity (Wildman–Crippen MR) is 112 cm³/mol. The summed E-state index contributed by atoms with van der Waals surface area (Å²) in [5, 5.41) is 5.91. The van der Waals surface area contributed by atoms with Crippen LogP contribution in [-0.2, 0) is 4.79 Å². The van der Waals surface area contributed by atoms with Crippen LogP contribution in [0.4, 0.5) is 4.39 Å². The minimum atomic E-state index is -0.610. The first-order chi connectivity index (χ1) is 15.4. The van der Waals surface area contributed by atoms with Crippen LogP contribution in [-0.4, -0.2) is 39.5 Å². The maximum Gasteiger partial charge on any atom is 0.289 e. The van der Waals surface area contributed by atoms with Crippen molar-refractivity contribution in [3.63, 3.8) is 0 Å². The summed E-state index contributed by atoms with van der Waals surface area (Å²) in [6.45, 7) is -0.239. The van der Waals surface area contributed by atoms with E-state index in [0.717, 1.165) is 6.07 Å². The van der Waals surface area contributed by atoms with Crippen molar-refractivity contribution < 1.29 is 23.1 Å². The van der Waals surface area contributed by atoms with Crippen LogP contribution < -0.4 is 15.4 Å². The van der Waals surface area contributed by atoms with E-state index in [1.54, 1.807) is 24.5 Å². The van der Waals surface area contributed by atoms with Crippen LogP contribution in [0.5, 0.6) is 5.75 Å². The fourth-order valence-corrected chi connectivity index (χ4v) is 4.52. The van der Waals surface area contributed by atoms with Gasteiger partial charge in [0.05, 0.1) is 16.8 Å². The van der Waals surface area contributed by atoms with Gasteiger partial charge in [-0.3, -0.25) is 14.6 Å². The number of carbonyl (C=O) groups excluding carboxylic acids is 2. The van der Waals surface area contributed by atoms with Gasteiger partial charge in [0.2, 0.25) is 11.7 Å². The molecular formula is C22H18ClFN4O4. The van der Waals surface area contributed by atoms with Crippen LogP contribution in [0.3, 0.4) is 0 Å². The molecule has 3 aliphatic carbocycles. The maximum atomic E-state index is 13.4. The van der Waals surface area contributed by atoms with Gasteiger partial charge >= 0.3 is 0 Å². The molecule has 8 nitrogen and oxygen atoms in total. The lowest BCUT2D eigenvalue weighted by Gasteiger charge is -2.70. The number of oxazole rings is 1. The normalized spacial score (nSPS) is 22.9. The van der Waals surface area contributed by atoms with E-state index in [0.29, 0.717) is 30.7 Å². The molecule has 3 aliphatic rings. The summed E-state index contributed by atoms with van der Waals surface area (Å²) in [6.07, 6.45) is 6.50. The number of benzene rings is 1. The molecule has 2 bridgehead atoms. The summed E-state index contributed by atoms with van der Waals surface area (Å²) < 4.78 is 24.3. The zero-order valence-electron chi connectivity index (χ0n) is 16.7. The van der Waals surface area contributed by atoms with Gasteiger partial charge in [-0.05, 0) is 43.5 Å². The molecule has 2 aromatic heterocycles. The molecule has 0 atom stereocenters. The van der Waals surface area contributed by atoms with Gasteiger partial charge in [-0.15, -0.1) is 0 Å². The van der Waals surface area contributed by atoms with E-state index in [-0.39, 0.29) is 46.0 Å². The second-order valence-electron chi connectivity index (χ2n) is 8.23. The molecule has 1 aromatic carbocycles. The topological polar surface area (TPSA) is 106 Å². The minimum Gasteiger partial charge on any atom is -0.484 e. The fourth-order valence-electron chi connectivity index (χ4n) is 4.40. The highest BCUT2D eigenvalue weighted by molar-refractivity contribution is 6.30. The molecular weight excluding hydrogens is 439 g/mol. The van der Waals surface area contributed by atoms with E-state index in [4.69, 9.17) is 20.8 Å². The van der Waals surface area contributed by atoms with Gasteiger partial charge < -0.3 is 19.8 Å². The number of amides is 2. The van der Waals surface area contributed by atoms with Gasteiger partial charge in [-0.25, -0.2) is 9.37 Å². The molecule has 0 radical (unpaired) electrons. The Labute approximate surface area is 187 Å². The lowest BCUT2D eigenvalue weighted by Crippen LogP contribution is -2.84. The second kappa shape index (κ2) is 7.59. The predicted octanol–water partition coefficient (Wildman–Crippen LogP) is 3.13. The van der Waals surface area contributed by atoms with Crippen molar-refractivity contribution in [2.45, 2.75) is 30.3 Å². The molecule has 2 heterocycles. The van der Waals surface area contributed by atoms with Crippen molar-refractivity contribution in [3.05, 3.63) is 65.5 Å². The van der Waals surface area contributed by atoms with Crippen LogP contribution in [0.15, 0.2) is 53.3 Å². The lowest BCUT2D eigenvalue weighted by atomic mass is 9.44. The molecule has 6 rings (SSSR count). The Morgan fingerprint density at radius 2 is 1.94 bits per heavy atom. The zero-order chi connectivity index (χ0) is 22.3. The highest BCUT2D eigenvalue weighted by Crippen LogP contribution is 2.60. The summed E-state index contributed by atoms with van der Waals surface area (Å²) in [4.78, 5) is 32.9. The van der Waals surface area contributed by atoms with E-state index < -0.39 is 5.82 Å². The van der Waals surface area contributed by atoms with Crippen molar-refractivity contribution in [1.29, 1.82) is 0 Å². The summed E-state index contributed by atoms with van der Waals surface area (Å²) in [5.74, 6) is -0.598. The number of hydrogen-bond donors (Lipinski definition) is 2. The fraction of sp³-hybridized carbons (Fsp3) is 0.273. The number of nitrogens with zero attached hydrogens (tertiary/aromatic N) is 2. The molecule has 2 N–H and O–H groups in total. The van der Waals surface area contributed by atoms with E-state index in [1.165, 1.54) is 18.3 Å². The number of hydrogen-bond acceptors (Lipinski definition) is 6. The van der Waals surface area contributed by atoms with Crippen LogP contribution in [0, 0.1) is 5.82 Å². The van der Waals surface area contributed by atoms with Gasteiger partial charge in [0.15, 0.2) is 6.61 Å². The van der Waals surface area contributed by atoms with E-state index >= 15 is 0 Å². The molecule has 3 aromatic rings. The average molecular weight is 457 g/mol. The van der Waals surface area contributed by atoms with Crippen molar-refractivity contribution in [3.8, 4) is 17.2 Å². The third kappa shape index (κ3) is 3.80. The molecule has 0 aliphatic heterocycles. The Morgan fingerprint density at radius 1 is 1.16 bits per heavy atom. The van der Waals surface area contributed by atoms with Gasteiger partial charge in [0.1, 0.15) is 11.6 Å². The monoisotopic (exact) mass is 456 g/mol. The van der Waals surface area contributed by atoms with Gasteiger partial charge in [-0.1, -0.05) is 11.6 Å². The number of halogens is 2. The Bertz CT molecular complexity index is 1180. The molecule has 0 spiro atoms. The molecule has 3 saturated carbocycles. The lowest BCUT2D eigenvalue weighted by molar-refractivity contribution is -0.141. The molecule has 10 heteroatoms. The first-order valence-electron chi connectivity index (χ1n) is 9.93. The molecule has 32 heavy (non-hydrogen) atoms. The van der Waals surface area contributed by atoms with Crippen molar-refractivity contribution >= 4 is 23.4 Å². The number of rotatable bonds is 7.